The van der Waals surface area contributed by atoms with Crippen LogP contribution in [0.15, 0.2) is 12.2 Å². The fourth-order valence-corrected chi connectivity index (χ4v) is 15.2. The highest BCUT2D eigenvalue weighted by Gasteiger charge is 2.44. The highest BCUT2D eigenvalue weighted by Crippen LogP contribution is 2.31. The van der Waals surface area contributed by atoms with Gasteiger partial charge in [-0.3, -0.25) is 52.7 Å². The van der Waals surface area contributed by atoms with Gasteiger partial charge >= 0.3 is 0 Å². The van der Waals surface area contributed by atoms with E-state index in [0.717, 1.165) is 44.8 Å². The first-order chi connectivity index (χ1) is 49.5. The number of hydrogen-bond donors (Lipinski definition) is 4. The van der Waals surface area contributed by atoms with Gasteiger partial charge in [0.1, 0.15) is 31.7 Å². The SMILES string of the molecule is C/C=C/C[C@@H](C)[C@@H](O)[C@@H]1CC(=O)[C@H](C(C)C)N(C)C(=O)[C@H](CC(C)C)CC(=O)[C@H](CC(C)C)N(C)C(=O)[C@@H](C)NC(=O)[C@H](C)CC(=O)[C@H](CC(C)C)N(C)C(=O)[C@H](C(C)C)CC(=O)[C@H]([C@@H](C)OCCCC[N+]2(O)CCOCC2)N(C)C(=O)CCC(=O)[C@H](CC)NC1=O.CC(C)CCCC[N+]1([O-])CCCCC1. The first-order valence-corrected chi connectivity index (χ1v) is 40.4. The molecule has 610 valence electrons. The van der Waals surface area contributed by atoms with Crippen molar-refractivity contribution < 1.29 is 81.8 Å². The highest BCUT2D eigenvalue weighted by molar-refractivity contribution is 5.99. The standard InChI is InChI=1S/C70H121N7O15.C12H25NO/c1-21-23-26-47(13)65(84)53-41-60(81)63(46(11)12)76(20)69(88)51(35-42(3)4)39-59(80)56(37-44(7)8)73(17)68(87)49(15)71-66(85)48(14)38-58(79)55(36-43(5)6)74(18)70(89)52(45(9)10)40-61(82)64(50(16)92-32-25-24-29-77(90)30-33-91-34-31-77)75(19)62(83)28-27-57(78)54(22-2)72-67(53)86;1-12(2)8-4-7-11-13(14)9-5-3-6-10-13/h21,23,42-56,63-65,84,90H,22,24-41H2,1-20H3,(H-,71,72,85,86);12H,3-11H2,1-2H3/p+1/b23-21+;/t47-,48-,49-,50-,51-,52+,53+,54+,55+,56+,63+,64+,65-;/m1./s1. The molecule has 4 N–H and O–H groups in total. The number of likely N-dealkylation sites (tertiary alicyclic amines) is 1. The first-order valence-electron chi connectivity index (χ1n) is 40.4. The van der Waals surface area contributed by atoms with E-state index in [1.54, 1.807) is 61.5 Å². The Balaban J connectivity index is 0.00000242. The molecule has 24 nitrogen and oxygen atoms in total. The van der Waals surface area contributed by atoms with Gasteiger partial charge in [0.05, 0.1) is 75.1 Å². The van der Waals surface area contributed by atoms with Gasteiger partial charge in [-0.25, -0.2) is 5.21 Å². The van der Waals surface area contributed by atoms with Gasteiger partial charge in [-0.15, -0.1) is 0 Å². The Morgan fingerprint density at radius 2 is 1.10 bits per heavy atom. The molecule has 0 unspecified atom stereocenters. The van der Waals surface area contributed by atoms with E-state index >= 15 is 0 Å². The predicted octanol–water partition coefficient (Wildman–Crippen LogP) is 10.5. The second-order valence-corrected chi connectivity index (χ2v) is 33.9. The lowest BCUT2D eigenvalue weighted by Gasteiger charge is -2.45. The molecule has 0 radical (unpaired) electrons. The molecule has 0 bridgehead atoms. The van der Waals surface area contributed by atoms with Gasteiger partial charge in [0.15, 0.2) is 28.9 Å². The molecule has 0 saturated carbocycles. The maximum atomic E-state index is 15.0. The summed E-state index contributed by atoms with van der Waals surface area (Å²) in [4.78, 5) is 166. The molecule has 0 spiro atoms. The molecule has 0 aromatic carbocycles. The van der Waals surface area contributed by atoms with Crippen LogP contribution in [0.5, 0.6) is 0 Å². The topological polar surface area (TPSA) is 307 Å². The maximum absolute atomic E-state index is 15.0. The average Bonchev–Trinajstić information content (AvgIpc) is 0.423. The summed E-state index contributed by atoms with van der Waals surface area (Å²) in [5.41, 5.74) is 0. The molecule has 3 saturated heterocycles. The number of morpholine rings is 1. The third-order valence-electron chi connectivity index (χ3n) is 21.9. The summed E-state index contributed by atoms with van der Waals surface area (Å²) in [5.74, 6) is -11.2. The number of hydroxylamine groups is 6. The summed E-state index contributed by atoms with van der Waals surface area (Å²) in [6.07, 6.45) is 8.52. The number of Topliss-reactive ketones (excluding diaryl/α,β-unsaturated/α-hetero) is 5. The number of hydrogen-bond acceptors (Lipinski definition) is 16. The van der Waals surface area contributed by atoms with Crippen LogP contribution in [0.2, 0.25) is 0 Å². The van der Waals surface area contributed by atoms with Crippen molar-refractivity contribution in [2.45, 2.75) is 295 Å². The normalized spacial score (nSPS) is 26.9. The number of carbonyl (C=O) groups excluding carboxylic acids is 11. The largest absolute Gasteiger partial charge is 0.633 e. The molecule has 0 aliphatic carbocycles. The molecule has 3 heterocycles. The van der Waals surface area contributed by atoms with Gasteiger partial charge in [-0.05, 0) is 133 Å². The Hall–Kier alpha value is -5.37. The second kappa shape index (κ2) is 47.6. The highest BCUT2D eigenvalue weighted by atomic mass is 16.6. The van der Waals surface area contributed by atoms with Crippen molar-refractivity contribution in [3.63, 3.8) is 0 Å². The van der Waals surface area contributed by atoms with E-state index in [0.29, 0.717) is 52.1 Å². The molecular formula is C82H147N8O16+. The number of nitrogens with zero attached hydrogens (tertiary/aromatic N) is 6. The summed E-state index contributed by atoms with van der Waals surface area (Å²) in [6.45, 7) is 37.9. The number of allylic oxidation sites excluding steroid dienone is 2. The molecule has 13 atom stereocenters. The zero-order valence-corrected chi connectivity index (χ0v) is 69.7. The van der Waals surface area contributed by atoms with E-state index in [2.05, 4.69) is 24.5 Å². The van der Waals surface area contributed by atoms with Crippen molar-refractivity contribution in [3.05, 3.63) is 17.4 Å². The van der Waals surface area contributed by atoms with Crippen molar-refractivity contribution in [2.24, 2.45) is 65.1 Å². The summed E-state index contributed by atoms with van der Waals surface area (Å²) < 4.78 is 11.7. The van der Waals surface area contributed by atoms with Crippen LogP contribution in [0.4, 0.5) is 0 Å². The molecule has 0 aromatic rings. The minimum Gasteiger partial charge on any atom is -0.633 e. The quantitative estimate of drug-likeness (QED) is 0.0286. The zero-order valence-electron chi connectivity index (χ0n) is 69.7. The van der Waals surface area contributed by atoms with Crippen LogP contribution >= 0.6 is 0 Å². The van der Waals surface area contributed by atoms with Crippen molar-refractivity contribution in [2.75, 3.05) is 87.3 Å². The van der Waals surface area contributed by atoms with E-state index in [9.17, 15) is 68.3 Å². The number of rotatable bonds is 25. The predicted molar refractivity (Wildman–Crippen MR) is 414 cm³/mol. The van der Waals surface area contributed by atoms with Crippen molar-refractivity contribution >= 4 is 64.4 Å². The Morgan fingerprint density at radius 3 is 1.63 bits per heavy atom. The van der Waals surface area contributed by atoms with Crippen LogP contribution in [-0.4, -0.2) is 239 Å². The number of ether oxygens (including phenoxy) is 2. The molecule has 24 heteroatoms. The number of likely N-dealkylation sites (N-methyl/N-ethyl adjacent to an activating group) is 4. The average molecular weight is 1500 g/mol. The van der Waals surface area contributed by atoms with E-state index < -0.39 is 167 Å². The van der Waals surface area contributed by atoms with Crippen molar-refractivity contribution in [1.29, 1.82) is 0 Å². The lowest BCUT2D eigenvalue weighted by atomic mass is 9.82. The number of aliphatic hydroxyl groups is 1. The van der Waals surface area contributed by atoms with Gasteiger partial charge in [0.2, 0.25) is 35.4 Å². The van der Waals surface area contributed by atoms with E-state index in [-0.39, 0.29) is 85.0 Å². The minimum atomic E-state index is -1.39. The number of amides is 6. The lowest BCUT2D eigenvalue weighted by Crippen LogP contribution is -2.53. The van der Waals surface area contributed by atoms with Gasteiger partial charge in [0.25, 0.3) is 0 Å². The molecule has 3 aliphatic heterocycles. The smallest absolute Gasteiger partial charge is 0.245 e. The first kappa shape index (κ1) is 96.7. The van der Waals surface area contributed by atoms with Crippen molar-refractivity contribution in [1.82, 2.24) is 30.2 Å². The fraction of sp³-hybridized carbons (Fsp3) is 0.841. The molecule has 0 aromatic heterocycles. The Morgan fingerprint density at radius 1 is 0.566 bits per heavy atom. The number of unbranched alkanes of at least 4 members (excludes halogenated alkanes) is 2. The maximum Gasteiger partial charge on any atom is 0.245 e. The van der Waals surface area contributed by atoms with Crippen molar-refractivity contribution in [3.8, 4) is 0 Å². The van der Waals surface area contributed by atoms with Crippen LogP contribution < -0.4 is 10.6 Å². The van der Waals surface area contributed by atoms with Crippen LogP contribution in [-0.2, 0) is 62.2 Å². The van der Waals surface area contributed by atoms with E-state index in [4.69, 9.17) is 9.47 Å². The number of carbonyl (C=O) groups is 11. The van der Waals surface area contributed by atoms with E-state index in [1.165, 1.54) is 74.0 Å². The number of nitrogens with one attached hydrogen (secondary N) is 2. The number of aliphatic hydroxyl groups excluding tert-OH is 1. The van der Waals surface area contributed by atoms with Gasteiger partial charge in [-0.1, -0.05) is 122 Å². The molecule has 3 rings (SSSR count). The van der Waals surface area contributed by atoms with Gasteiger partial charge in [-0.2, -0.15) is 4.65 Å². The Kier molecular flexibility index (Phi) is 43.5. The number of quaternary nitrogens is 2. The molecular weight excluding hydrogens is 1350 g/mol. The summed E-state index contributed by atoms with van der Waals surface area (Å²) >= 11 is 0. The molecule has 106 heavy (non-hydrogen) atoms. The van der Waals surface area contributed by atoms with Gasteiger partial charge < -0.3 is 54.7 Å². The third-order valence-corrected chi connectivity index (χ3v) is 21.9. The lowest BCUT2D eigenvalue weighted by molar-refractivity contribution is -1.11. The molecule has 3 fully saturated rings. The Bertz CT molecular complexity index is 2800. The minimum absolute atomic E-state index is 0.0785. The van der Waals surface area contributed by atoms with Crippen LogP contribution in [0, 0.1) is 70.3 Å². The Labute approximate surface area is 638 Å². The summed E-state index contributed by atoms with van der Waals surface area (Å²) in [7, 11) is 5.90. The zero-order chi connectivity index (χ0) is 80.7. The van der Waals surface area contributed by atoms with Crippen LogP contribution in [0.25, 0.3) is 0 Å². The monoisotopic (exact) mass is 1500 g/mol. The molecule has 3 aliphatic rings. The van der Waals surface area contributed by atoms with Gasteiger partial charge in [0, 0.05) is 97.5 Å². The summed E-state index contributed by atoms with van der Waals surface area (Å²) in [6, 6.07) is -6.74. The van der Waals surface area contributed by atoms with E-state index in [1.807, 2.05) is 54.5 Å². The third kappa shape index (κ3) is 32.3. The summed E-state index contributed by atoms with van der Waals surface area (Å²) in [5, 5.41) is 40.7. The second-order valence-electron chi connectivity index (χ2n) is 33.9. The van der Waals surface area contributed by atoms with Crippen LogP contribution in [0.3, 0.4) is 0 Å². The number of piperidine rings is 1. The van der Waals surface area contributed by atoms with Crippen LogP contribution in [0.1, 0.15) is 247 Å². The fourth-order valence-electron chi connectivity index (χ4n) is 15.2. The molecule has 6 amide bonds. The number of ketones is 5.